The number of hydrogen-bond donors (Lipinski definition) is 0. The molecule has 0 aromatic carbocycles. The zero-order valence-electron chi connectivity index (χ0n) is 10.2. The fourth-order valence-corrected chi connectivity index (χ4v) is 1.79. The minimum atomic E-state index is -0.128. The SMILES string of the molecule is CCN(C(C)C)C(C)C(C)C(=O)OC. The molecule has 0 saturated heterocycles. The van der Waals surface area contributed by atoms with Gasteiger partial charge in [-0.1, -0.05) is 13.8 Å². The van der Waals surface area contributed by atoms with E-state index in [0.717, 1.165) is 6.54 Å². The van der Waals surface area contributed by atoms with Gasteiger partial charge in [-0.05, 0) is 27.3 Å². The predicted octanol–water partition coefficient (Wildman–Crippen LogP) is 1.91. The van der Waals surface area contributed by atoms with E-state index in [-0.39, 0.29) is 17.9 Å². The summed E-state index contributed by atoms with van der Waals surface area (Å²) in [6, 6.07) is 0.689. The molecule has 3 heteroatoms. The Kier molecular flexibility index (Phi) is 5.77. The predicted molar refractivity (Wildman–Crippen MR) is 58.2 cm³/mol. The van der Waals surface area contributed by atoms with Crippen LogP contribution < -0.4 is 0 Å². The highest BCUT2D eigenvalue weighted by atomic mass is 16.5. The van der Waals surface area contributed by atoms with E-state index in [1.165, 1.54) is 7.11 Å². The molecule has 0 bridgehead atoms. The Bertz CT molecular complexity index is 180. The average Bonchev–Trinajstić information content (AvgIpc) is 2.15. The Morgan fingerprint density at radius 1 is 1.29 bits per heavy atom. The summed E-state index contributed by atoms with van der Waals surface area (Å²) < 4.78 is 4.74. The maximum Gasteiger partial charge on any atom is 0.309 e. The highest BCUT2D eigenvalue weighted by Crippen LogP contribution is 2.14. The molecule has 0 fully saturated rings. The van der Waals surface area contributed by atoms with E-state index in [1.807, 2.05) is 6.92 Å². The number of hydrogen-bond acceptors (Lipinski definition) is 3. The lowest BCUT2D eigenvalue weighted by Gasteiger charge is -2.34. The van der Waals surface area contributed by atoms with Crippen LogP contribution in [0, 0.1) is 5.92 Å². The van der Waals surface area contributed by atoms with E-state index >= 15 is 0 Å². The van der Waals surface area contributed by atoms with Gasteiger partial charge in [0.2, 0.25) is 0 Å². The van der Waals surface area contributed by atoms with Crippen molar-refractivity contribution in [1.82, 2.24) is 4.90 Å². The first-order chi connectivity index (χ1) is 6.45. The quantitative estimate of drug-likeness (QED) is 0.636. The fourth-order valence-electron chi connectivity index (χ4n) is 1.79. The molecule has 0 spiro atoms. The summed E-state index contributed by atoms with van der Waals surface area (Å²) in [6.45, 7) is 11.3. The van der Waals surface area contributed by atoms with E-state index in [9.17, 15) is 4.79 Å². The van der Waals surface area contributed by atoms with Crippen LogP contribution >= 0.6 is 0 Å². The van der Waals surface area contributed by atoms with Crippen LogP contribution in [0.4, 0.5) is 0 Å². The summed E-state index contributed by atoms with van der Waals surface area (Å²) >= 11 is 0. The maximum atomic E-state index is 11.3. The van der Waals surface area contributed by atoms with Gasteiger partial charge in [0.05, 0.1) is 13.0 Å². The monoisotopic (exact) mass is 201 g/mol. The molecule has 14 heavy (non-hydrogen) atoms. The van der Waals surface area contributed by atoms with E-state index in [1.54, 1.807) is 0 Å². The molecular formula is C11H23NO2. The summed E-state index contributed by atoms with van der Waals surface area (Å²) in [4.78, 5) is 13.6. The van der Waals surface area contributed by atoms with Crippen LogP contribution in [0.3, 0.4) is 0 Å². The van der Waals surface area contributed by atoms with E-state index in [2.05, 4.69) is 32.6 Å². The van der Waals surface area contributed by atoms with Crippen LogP contribution in [0.25, 0.3) is 0 Å². The molecule has 84 valence electrons. The van der Waals surface area contributed by atoms with Gasteiger partial charge in [-0.2, -0.15) is 0 Å². The van der Waals surface area contributed by atoms with Crippen molar-refractivity contribution >= 4 is 5.97 Å². The van der Waals surface area contributed by atoms with E-state index in [4.69, 9.17) is 4.74 Å². The minimum Gasteiger partial charge on any atom is -0.469 e. The van der Waals surface area contributed by atoms with Crippen molar-refractivity contribution in [3.63, 3.8) is 0 Å². The molecule has 0 saturated carbocycles. The van der Waals surface area contributed by atoms with Crippen molar-refractivity contribution < 1.29 is 9.53 Å². The van der Waals surface area contributed by atoms with E-state index in [0.29, 0.717) is 6.04 Å². The molecular weight excluding hydrogens is 178 g/mol. The third-order valence-electron chi connectivity index (χ3n) is 2.85. The summed E-state index contributed by atoms with van der Waals surface area (Å²) in [7, 11) is 1.44. The number of methoxy groups -OCH3 is 1. The molecule has 0 N–H and O–H groups in total. The Hall–Kier alpha value is -0.570. The molecule has 0 aliphatic carbocycles. The number of nitrogens with zero attached hydrogens (tertiary/aromatic N) is 1. The van der Waals surface area contributed by atoms with Gasteiger partial charge in [-0.25, -0.2) is 0 Å². The molecule has 0 aliphatic heterocycles. The smallest absolute Gasteiger partial charge is 0.309 e. The molecule has 2 unspecified atom stereocenters. The van der Waals surface area contributed by atoms with Gasteiger partial charge in [-0.15, -0.1) is 0 Å². The highest BCUT2D eigenvalue weighted by molar-refractivity contribution is 5.72. The largest absolute Gasteiger partial charge is 0.469 e. The van der Waals surface area contributed by atoms with Crippen molar-refractivity contribution in [3.05, 3.63) is 0 Å². The number of esters is 1. The third kappa shape index (κ3) is 3.29. The van der Waals surface area contributed by atoms with Crippen molar-refractivity contribution in [1.29, 1.82) is 0 Å². The first kappa shape index (κ1) is 13.4. The van der Waals surface area contributed by atoms with Crippen LogP contribution in [-0.2, 0) is 9.53 Å². The van der Waals surface area contributed by atoms with Crippen molar-refractivity contribution in [2.75, 3.05) is 13.7 Å². The van der Waals surface area contributed by atoms with Gasteiger partial charge in [0.25, 0.3) is 0 Å². The first-order valence-corrected chi connectivity index (χ1v) is 5.29. The zero-order valence-corrected chi connectivity index (χ0v) is 10.2. The van der Waals surface area contributed by atoms with Gasteiger partial charge in [-0.3, -0.25) is 9.69 Å². The summed E-state index contributed by atoms with van der Waals surface area (Å²) in [5.41, 5.74) is 0. The summed E-state index contributed by atoms with van der Waals surface area (Å²) in [5.74, 6) is -0.195. The van der Waals surface area contributed by atoms with Crippen molar-refractivity contribution in [3.8, 4) is 0 Å². The van der Waals surface area contributed by atoms with Crippen LogP contribution in [0.15, 0.2) is 0 Å². The molecule has 0 amide bonds. The standard InChI is InChI=1S/C11H23NO2/c1-7-12(8(2)3)10(5)9(4)11(13)14-6/h8-10H,7H2,1-6H3. The molecule has 0 radical (unpaired) electrons. The summed E-state index contributed by atoms with van der Waals surface area (Å²) in [5, 5.41) is 0. The van der Waals surface area contributed by atoms with E-state index < -0.39 is 0 Å². The van der Waals surface area contributed by atoms with Gasteiger partial charge >= 0.3 is 5.97 Å². The van der Waals surface area contributed by atoms with Gasteiger partial charge in [0.15, 0.2) is 0 Å². The fraction of sp³-hybridized carbons (Fsp3) is 0.909. The lowest BCUT2D eigenvalue weighted by Crippen LogP contribution is -2.44. The lowest BCUT2D eigenvalue weighted by molar-refractivity contribution is -0.147. The van der Waals surface area contributed by atoms with Crippen LogP contribution in [0.5, 0.6) is 0 Å². The Morgan fingerprint density at radius 3 is 2.07 bits per heavy atom. The molecule has 0 rings (SSSR count). The minimum absolute atomic E-state index is 0.0673. The first-order valence-electron chi connectivity index (χ1n) is 5.29. The number of carbonyl (C=O) groups excluding carboxylic acids is 1. The van der Waals surface area contributed by atoms with Gasteiger partial charge in [0, 0.05) is 12.1 Å². The van der Waals surface area contributed by atoms with Crippen molar-refractivity contribution in [2.24, 2.45) is 5.92 Å². The summed E-state index contributed by atoms with van der Waals surface area (Å²) in [6.07, 6.45) is 0. The van der Waals surface area contributed by atoms with Crippen LogP contribution in [-0.4, -0.2) is 36.6 Å². The topological polar surface area (TPSA) is 29.5 Å². The molecule has 0 heterocycles. The highest BCUT2D eigenvalue weighted by Gasteiger charge is 2.26. The normalized spacial score (nSPS) is 15.7. The molecule has 0 aromatic rings. The Labute approximate surface area is 87.4 Å². The zero-order chi connectivity index (χ0) is 11.3. The van der Waals surface area contributed by atoms with Gasteiger partial charge < -0.3 is 4.74 Å². The Morgan fingerprint density at radius 2 is 1.79 bits per heavy atom. The lowest BCUT2D eigenvalue weighted by atomic mass is 10.0. The molecule has 0 aromatic heterocycles. The van der Waals surface area contributed by atoms with Gasteiger partial charge in [0.1, 0.15) is 0 Å². The number of rotatable bonds is 5. The Balaban J connectivity index is 4.41. The third-order valence-corrected chi connectivity index (χ3v) is 2.85. The second kappa shape index (κ2) is 6.02. The second-order valence-electron chi connectivity index (χ2n) is 3.98. The average molecular weight is 201 g/mol. The van der Waals surface area contributed by atoms with Crippen LogP contribution in [0.1, 0.15) is 34.6 Å². The number of carbonyl (C=O) groups is 1. The second-order valence-corrected chi connectivity index (χ2v) is 3.98. The molecule has 2 atom stereocenters. The molecule has 0 aliphatic rings. The number of ether oxygens (including phenoxy) is 1. The van der Waals surface area contributed by atoms with Crippen LogP contribution in [0.2, 0.25) is 0 Å². The maximum absolute atomic E-state index is 11.3. The van der Waals surface area contributed by atoms with Crippen molar-refractivity contribution in [2.45, 2.75) is 46.7 Å². The molecule has 3 nitrogen and oxygen atoms in total.